The van der Waals surface area contributed by atoms with Gasteiger partial charge in [0, 0.05) is 25.6 Å². The van der Waals surface area contributed by atoms with E-state index in [-0.39, 0.29) is 11.9 Å². The average Bonchev–Trinajstić information content (AvgIpc) is 3.06. The molecule has 3 rings (SSSR count). The van der Waals surface area contributed by atoms with Gasteiger partial charge in [-0.3, -0.25) is 9.69 Å². The summed E-state index contributed by atoms with van der Waals surface area (Å²) in [6.07, 6.45) is 3.40. The van der Waals surface area contributed by atoms with Gasteiger partial charge >= 0.3 is 0 Å². The minimum atomic E-state index is -3.17. The largest absolute Gasteiger partial charge is 0.294 e. The van der Waals surface area contributed by atoms with Gasteiger partial charge in [0.15, 0.2) is 0 Å². The molecule has 0 saturated carbocycles. The summed E-state index contributed by atoms with van der Waals surface area (Å²) in [5.41, 5.74) is 2.01. The van der Waals surface area contributed by atoms with E-state index in [0.29, 0.717) is 26.2 Å². The summed E-state index contributed by atoms with van der Waals surface area (Å²) in [6.45, 7) is 2.37. The van der Waals surface area contributed by atoms with Crippen molar-refractivity contribution in [2.24, 2.45) is 5.10 Å². The maximum absolute atomic E-state index is 12.5. The van der Waals surface area contributed by atoms with Crippen molar-refractivity contribution in [3.63, 3.8) is 0 Å². The first-order chi connectivity index (χ1) is 11.9. The minimum Gasteiger partial charge on any atom is -0.294 e. The third kappa shape index (κ3) is 5.10. The molecule has 0 atom stereocenters. The summed E-state index contributed by atoms with van der Waals surface area (Å²) in [5.74, 6) is 0.000420. The summed E-state index contributed by atoms with van der Waals surface area (Å²) < 4.78 is 25.2. The first-order valence-electron chi connectivity index (χ1n) is 8.53. The van der Waals surface area contributed by atoms with Gasteiger partial charge in [0.25, 0.3) is 5.91 Å². The van der Waals surface area contributed by atoms with Gasteiger partial charge in [-0.1, -0.05) is 30.3 Å². The lowest BCUT2D eigenvalue weighted by Gasteiger charge is -2.31. The number of likely N-dealkylation sites (tertiary alicyclic amines) is 1. The second kappa shape index (κ2) is 7.63. The van der Waals surface area contributed by atoms with Gasteiger partial charge in [0.05, 0.1) is 25.1 Å². The Kier molecular flexibility index (Phi) is 5.51. The van der Waals surface area contributed by atoms with Crippen LogP contribution in [0.4, 0.5) is 0 Å². The van der Waals surface area contributed by atoms with E-state index in [0.717, 1.165) is 30.5 Å². The highest BCUT2D eigenvalue weighted by atomic mass is 32.2. The van der Waals surface area contributed by atoms with Crippen LogP contribution in [-0.2, 0) is 14.8 Å². The highest BCUT2D eigenvalue weighted by Gasteiger charge is 2.26. The van der Waals surface area contributed by atoms with Crippen LogP contribution in [0, 0.1) is 0 Å². The van der Waals surface area contributed by atoms with Crippen LogP contribution in [-0.4, -0.2) is 68.4 Å². The van der Waals surface area contributed by atoms with Crippen LogP contribution < -0.4 is 4.72 Å². The Morgan fingerprint density at radius 1 is 1.20 bits per heavy atom. The van der Waals surface area contributed by atoms with E-state index in [4.69, 9.17) is 0 Å². The summed E-state index contributed by atoms with van der Waals surface area (Å²) in [6, 6.07) is 9.88. The monoisotopic (exact) mass is 364 g/mol. The molecule has 1 amide bonds. The van der Waals surface area contributed by atoms with Crippen LogP contribution in [0.3, 0.4) is 0 Å². The molecule has 0 spiro atoms. The number of nitrogens with zero attached hydrogens (tertiary/aromatic N) is 3. The molecule has 1 N–H and O–H groups in total. The first-order valence-corrected chi connectivity index (χ1v) is 10.4. The number of carbonyl (C=O) groups is 1. The van der Waals surface area contributed by atoms with Crippen molar-refractivity contribution in [2.45, 2.75) is 25.3 Å². The lowest BCUT2D eigenvalue weighted by Crippen LogP contribution is -2.47. The Balaban J connectivity index is 1.50. The molecule has 2 aliphatic rings. The average molecular weight is 364 g/mol. The molecular weight excluding hydrogens is 340 g/mol. The molecule has 0 aliphatic carbocycles. The second-order valence-corrected chi connectivity index (χ2v) is 8.40. The highest BCUT2D eigenvalue weighted by molar-refractivity contribution is 7.88. The topological polar surface area (TPSA) is 82.1 Å². The zero-order valence-corrected chi connectivity index (χ0v) is 15.2. The zero-order valence-electron chi connectivity index (χ0n) is 14.4. The number of hydrogen-bond acceptors (Lipinski definition) is 5. The molecule has 0 bridgehead atoms. The quantitative estimate of drug-likeness (QED) is 0.831. The van der Waals surface area contributed by atoms with Crippen molar-refractivity contribution in [2.75, 3.05) is 32.4 Å². The predicted octanol–water partition coefficient (Wildman–Crippen LogP) is 0.637. The minimum absolute atomic E-state index is 0.000420. The van der Waals surface area contributed by atoms with E-state index in [2.05, 4.69) is 14.7 Å². The molecule has 2 aliphatic heterocycles. The van der Waals surface area contributed by atoms with E-state index in [1.807, 2.05) is 30.3 Å². The van der Waals surface area contributed by atoms with Crippen molar-refractivity contribution >= 4 is 21.6 Å². The summed E-state index contributed by atoms with van der Waals surface area (Å²) in [4.78, 5) is 14.5. The zero-order chi connectivity index (χ0) is 17.9. The number of benzene rings is 1. The molecule has 1 saturated heterocycles. The molecule has 0 aromatic heterocycles. The van der Waals surface area contributed by atoms with Crippen LogP contribution >= 0.6 is 0 Å². The predicted molar refractivity (Wildman–Crippen MR) is 96.8 cm³/mol. The van der Waals surface area contributed by atoms with Gasteiger partial charge in [-0.15, -0.1) is 0 Å². The number of hydrazone groups is 1. The van der Waals surface area contributed by atoms with Gasteiger partial charge in [0.1, 0.15) is 0 Å². The van der Waals surface area contributed by atoms with Gasteiger partial charge < -0.3 is 0 Å². The van der Waals surface area contributed by atoms with E-state index >= 15 is 0 Å². The van der Waals surface area contributed by atoms with Crippen molar-refractivity contribution < 1.29 is 13.2 Å². The van der Waals surface area contributed by atoms with E-state index < -0.39 is 10.0 Å². The summed E-state index contributed by atoms with van der Waals surface area (Å²) >= 11 is 0. The van der Waals surface area contributed by atoms with E-state index in [9.17, 15) is 13.2 Å². The molecule has 136 valence electrons. The second-order valence-electron chi connectivity index (χ2n) is 6.62. The third-order valence-corrected chi connectivity index (χ3v) is 5.29. The molecule has 1 aromatic carbocycles. The van der Waals surface area contributed by atoms with Crippen molar-refractivity contribution in [1.82, 2.24) is 14.6 Å². The Morgan fingerprint density at radius 2 is 1.88 bits per heavy atom. The lowest BCUT2D eigenvalue weighted by atomic mass is 10.1. The van der Waals surface area contributed by atoms with Gasteiger partial charge in [0.2, 0.25) is 10.0 Å². The smallest absolute Gasteiger partial charge is 0.256 e. The number of sulfonamides is 1. The molecule has 0 unspecified atom stereocenters. The molecule has 1 aromatic rings. The van der Waals surface area contributed by atoms with Crippen molar-refractivity contribution in [3.05, 3.63) is 35.9 Å². The fourth-order valence-corrected chi connectivity index (χ4v) is 4.10. The standard InChI is InChI=1S/C17H24N4O3S/c1-25(23,24)19-15-7-10-20(11-8-15)13-17(22)21-12-9-16(18-21)14-5-3-2-4-6-14/h2-6,15,19H,7-13H2,1H3. The van der Waals surface area contributed by atoms with Crippen molar-refractivity contribution in [3.8, 4) is 0 Å². The Hall–Kier alpha value is -1.77. The number of amides is 1. The number of piperidine rings is 1. The number of carbonyl (C=O) groups excluding carboxylic acids is 1. The van der Waals surface area contributed by atoms with Crippen LogP contribution in [0.25, 0.3) is 0 Å². The fourth-order valence-electron chi connectivity index (χ4n) is 3.26. The Morgan fingerprint density at radius 3 is 2.52 bits per heavy atom. The molecule has 0 radical (unpaired) electrons. The van der Waals surface area contributed by atoms with Crippen LogP contribution in [0.5, 0.6) is 0 Å². The van der Waals surface area contributed by atoms with Crippen LogP contribution in [0.1, 0.15) is 24.8 Å². The van der Waals surface area contributed by atoms with Gasteiger partial charge in [-0.2, -0.15) is 5.10 Å². The molecule has 2 heterocycles. The summed E-state index contributed by atoms with van der Waals surface area (Å²) in [7, 11) is -3.17. The van der Waals surface area contributed by atoms with Crippen LogP contribution in [0.2, 0.25) is 0 Å². The summed E-state index contributed by atoms with van der Waals surface area (Å²) in [5, 5.41) is 6.03. The normalized spacial score (nSPS) is 19.9. The number of rotatable bonds is 5. The number of nitrogens with one attached hydrogen (secondary N) is 1. The Bertz CT molecular complexity index is 740. The maximum Gasteiger partial charge on any atom is 0.256 e. The first kappa shape index (κ1) is 18.0. The Labute approximate surface area is 148 Å². The molecule has 8 heteroatoms. The molecule has 25 heavy (non-hydrogen) atoms. The highest BCUT2D eigenvalue weighted by Crippen LogP contribution is 2.15. The molecule has 1 fully saturated rings. The van der Waals surface area contributed by atoms with Gasteiger partial charge in [-0.25, -0.2) is 18.1 Å². The van der Waals surface area contributed by atoms with E-state index in [1.165, 1.54) is 6.26 Å². The molecule has 7 nitrogen and oxygen atoms in total. The lowest BCUT2D eigenvalue weighted by molar-refractivity contribution is -0.132. The van der Waals surface area contributed by atoms with Gasteiger partial charge in [-0.05, 0) is 18.4 Å². The SMILES string of the molecule is CS(=O)(=O)NC1CCN(CC(=O)N2CCC(c3ccccc3)=N2)CC1. The third-order valence-electron chi connectivity index (χ3n) is 4.52. The maximum atomic E-state index is 12.5. The van der Waals surface area contributed by atoms with Crippen LogP contribution in [0.15, 0.2) is 35.4 Å². The van der Waals surface area contributed by atoms with Crippen molar-refractivity contribution in [1.29, 1.82) is 0 Å². The van der Waals surface area contributed by atoms with E-state index in [1.54, 1.807) is 5.01 Å². The molecular formula is C17H24N4O3S. The fraction of sp³-hybridized carbons (Fsp3) is 0.529. The number of hydrogen-bond donors (Lipinski definition) is 1.